The second-order valence-corrected chi connectivity index (χ2v) is 9.73. The number of non-ortho nitro benzene ring substituents is 1. The number of carbonyl (C=O) groups is 2. The topological polar surface area (TPSA) is 160 Å². The number of hydrogen-bond acceptors (Lipinski definition) is 9. The molecule has 13 nitrogen and oxygen atoms in total. The second-order valence-electron chi connectivity index (χ2n) is 8.19. The van der Waals surface area contributed by atoms with E-state index in [0.717, 1.165) is 9.21 Å². The predicted octanol–water partition coefficient (Wildman–Crippen LogP) is 0.0512. The number of likely N-dealkylation sites (tertiary alicyclic amines) is 1. The van der Waals surface area contributed by atoms with Crippen molar-refractivity contribution in [2.75, 3.05) is 39.3 Å². The Morgan fingerprint density at radius 2 is 1.91 bits per heavy atom. The lowest BCUT2D eigenvalue weighted by atomic mass is 9.99. The fraction of sp³-hybridized carbons (Fsp3) is 0.579. The summed E-state index contributed by atoms with van der Waals surface area (Å²) in [7, 11) is -4.29. The van der Waals surface area contributed by atoms with E-state index in [1.165, 1.54) is 29.2 Å². The normalized spacial score (nSPS) is 26.9. The number of ether oxygens (including phenoxy) is 1. The summed E-state index contributed by atoms with van der Waals surface area (Å²) in [5.41, 5.74) is -1.74. The molecule has 4 aliphatic rings. The van der Waals surface area contributed by atoms with Crippen molar-refractivity contribution < 1.29 is 37.0 Å². The van der Waals surface area contributed by atoms with Crippen LogP contribution < -0.4 is 0 Å². The van der Waals surface area contributed by atoms with Crippen molar-refractivity contribution in [3.05, 3.63) is 39.9 Å². The first-order chi connectivity index (χ1) is 15.7. The van der Waals surface area contributed by atoms with E-state index in [1.807, 2.05) is 0 Å². The van der Waals surface area contributed by atoms with Crippen molar-refractivity contribution in [1.29, 1.82) is 0 Å². The summed E-state index contributed by atoms with van der Waals surface area (Å²) in [4.78, 5) is 39.2. The lowest BCUT2D eigenvalue weighted by molar-refractivity contribution is -0.384. The Balaban J connectivity index is 1.59. The molecule has 2 unspecified atom stereocenters. The fourth-order valence-electron chi connectivity index (χ4n) is 4.41. The SMILES string of the molecule is O=C(OCc1ccc([N+](=O)[O-])cc1)N1CC(CCO)CC12OS(=O)(=O)N1CCN(CC1)C2=O. The Hall–Kier alpha value is -2.81. The molecule has 0 aromatic heterocycles. The molecule has 0 radical (unpaired) electrons. The first-order valence-corrected chi connectivity index (χ1v) is 11.8. The quantitative estimate of drug-likeness (QED) is 0.450. The molecule has 5 rings (SSSR count). The highest BCUT2D eigenvalue weighted by atomic mass is 32.2. The maximum absolute atomic E-state index is 13.4. The lowest BCUT2D eigenvalue weighted by Gasteiger charge is -2.45. The van der Waals surface area contributed by atoms with E-state index in [0.29, 0.717) is 5.56 Å². The van der Waals surface area contributed by atoms with Gasteiger partial charge in [-0.1, -0.05) is 0 Å². The van der Waals surface area contributed by atoms with Gasteiger partial charge < -0.3 is 14.7 Å². The molecular weight excluding hydrogens is 460 g/mol. The van der Waals surface area contributed by atoms with E-state index in [2.05, 4.69) is 0 Å². The number of benzene rings is 1. The number of nitro benzene ring substituents is 1. The molecular formula is C19H24N4O9S. The van der Waals surface area contributed by atoms with Crippen molar-refractivity contribution in [2.24, 2.45) is 5.92 Å². The van der Waals surface area contributed by atoms with E-state index in [4.69, 9.17) is 8.92 Å². The minimum absolute atomic E-state index is 0.0330. The number of aliphatic hydroxyl groups is 1. The van der Waals surface area contributed by atoms with Crippen LogP contribution in [-0.4, -0.2) is 89.6 Å². The van der Waals surface area contributed by atoms with E-state index < -0.39 is 33.0 Å². The number of carbonyl (C=O) groups excluding carboxylic acids is 2. The monoisotopic (exact) mass is 484 g/mol. The fourth-order valence-corrected chi connectivity index (χ4v) is 5.71. The number of nitrogens with zero attached hydrogens (tertiary/aromatic N) is 4. The van der Waals surface area contributed by atoms with Gasteiger partial charge in [0, 0.05) is 57.9 Å². The van der Waals surface area contributed by atoms with E-state index >= 15 is 0 Å². The van der Waals surface area contributed by atoms with Gasteiger partial charge in [0.15, 0.2) is 0 Å². The minimum Gasteiger partial charge on any atom is -0.444 e. The zero-order chi connectivity index (χ0) is 23.8. The third-order valence-corrected chi connectivity index (χ3v) is 7.61. The van der Waals surface area contributed by atoms with Crippen LogP contribution in [0.25, 0.3) is 0 Å². The molecule has 180 valence electrons. The number of piperazine rings is 1. The van der Waals surface area contributed by atoms with Crippen LogP contribution in [0.4, 0.5) is 10.5 Å². The summed E-state index contributed by atoms with van der Waals surface area (Å²) in [5.74, 6) is -1.01. The Morgan fingerprint density at radius 1 is 1.24 bits per heavy atom. The first-order valence-electron chi connectivity index (χ1n) is 10.4. The molecule has 2 amide bonds. The van der Waals surface area contributed by atoms with Gasteiger partial charge in [0.05, 0.1) is 4.92 Å². The average Bonchev–Trinajstić information content (AvgIpc) is 3.15. The molecule has 1 aromatic rings. The number of fused-ring (bicyclic) bond motifs is 3. The molecule has 1 spiro atoms. The van der Waals surface area contributed by atoms with Crippen molar-refractivity contribution in [3.63, 3.8) is 0 Å². The number of amides is 2. The van der Waals surface area contributed by atoms with Crippen LogP contribution in [0.5, 0.6) is 0 Å². The molecule has 1 N–H and O–H groups in total. The number of aliphatic hydroxyl groups excluding tert-OH is 1. The summed E-state index contributed by atoms with van der Waals surface area (Å²) >= 11 is 0. The van der Waals surface area contributed by atoms with Crippen molar-refractivity contribution in [2.45, 2.75) is 25.2 Å². The maximum atomic E-state index is 13.4. The van der Waals surface area contributed by atoms with E-state index in [-0.39, 0.29) is 70.4 Å². The summed E-state index contributed by atoms with van der Waals surface area (Å²) in [5, 5.41) is 20.2. The summed E-state index contributed by atoms with van der Waals surface area (Å²) < 4.78 is 37.7. The smallest absolute Gasteiger partial charge is 0.412 e. The standard InChI is InChI=1S/C19H24N4O9S/c24-10-5-15-11-19(17(25)20-6-8-21(9-7-20)33(29,30)32-19)22(12-15)18(26)31-13-14-1-3-16(4-2-14)23(27)28/h1-4,15,24H,5-13H2. The number of rotatable bonds is 5. The third kappa shape index (κ3) is 4.38. The third-order valence-electron chi connectivity index (χ3n) is 6.13. The van der Waals surface area contributed by atoms with Crippen molar-refractivity contribution in [3.8, 4) is 0 Å². The second kappa shape index (κ2) is 8.85. The highest BCUT2D eigenvalue weighted by Crippen LogP contribution is 2.41. The highest BCUT2D eigenvalue weighted by molar-refractivity contribution is 7.84. The van der Waals surface area contributed by atoms with Gasteiger partial charge in [-0.15, -0.1) is 0 Å². The van der Waals surface area contributed by atoms with Crippen LogP contribution in [0.1, 0.15) is 18.4 Å². The summed E-state index contributed by atoms with van der Waals surface area (Å²) in [6.45, 7) is 0.0888. The minimum atomic E-state index is -4.29. The molecule has 33 heavy (non-hydrogen) atoms. The van der Waals surface area contributed by atoms with E-state index in [1.54, 1.807) is 0 Å². The molecule has 2 bridgehead atoms. The van der Waals surface area contributed by atoms with Gasteiger partial charge in [0.1, 0.15) is 6.61 Å². The summed E-state index contributed by atoms with van der Waals surface area (Å²) in [6.07, 6.45) is -0.804. The van der Waals surface area contributed by atoms with Gasteiger partial charge in [-0.2, -0.15) is 12.7 Å². The maximum Gasteiger partial charge on any atom is 0.412 e. The Bertz CT molecular complexity index is 1040. The van der Waals surface area contributed by atoms with Crippen LogP contribution in [0, 0.1) is 16.0 Å². The van der Waals surface area contributed by atoms with Crippen LogP contribution >= 0.6 is 0 Å². The predicted molar refractivity (Wildman–Crippen MR) is 111 cm³/mol. The molecule has 0 aliphatic carbocycles. The van der Waals surface area contributed by atoms with Gasteiger partial charge in [-0.3, -0.25) is 19.8 Å². The van der Waals surface area contributed by atoms with Crippen LogP contribution in [0.15, 0.2) is 24.3 Å². The molecule has 4 saturated heterocycles. The lowest BCUT2D eigenvalue weighted by Crippen LogP contribution is -2.67. The number of hydrogen-bond donors (Lipinski definition) is 1. The number of nitro groups is 1. The summed E-state index contributed by atoms with van der Waals surface area (Å²) in [6, 6.07) is 5.40. The Morgan fingerprint density at radius 3 is 2.52 bits per heavy atom. The zero-order valence-corrected chi connectivity index (χ0v) is 18.5. The molecule has 1 aromatic carbocycles. The van der Waals surface area contributed by atoms with Gasteiger partial charge >= 0.3 is 16.4 Å². The van der Waals surface area contributed by atoms with Gasteiger partial charge in [-0.25, -0.2) is 8.98 Å². The highest BCUT2D eigenvalue weighted by Gasteiger charge is 2.61. The molecule has 4 aliphatic heterocycles. The van der Waals surface area contributed by atoms with Crippen LogP contribution in [-0.2, 0) is 30.6 Å². The molecule has 14 heteroatoms. The van der Waals surface area contributed by atoms with Crippen molar-refractivity contribution >= 4 is 28.0 Å². The van der Waals surface area contributed by atoms with Gasteiger partial charge in [-0.05, 0) is 30.0 Å². The average molecular weight is 484 g/mol. The Labute approximate surface area is 189 Å². The molecule has 0 saturated carbocycles. The van der Waals surface area contributed by atoms with E-state index in [9.17, 15) is 33.2 Å². The van der Waals surface area contributed by atoms with Gasteiger partial charge in [0.2, 0.25) is 5.72 Å². The molecule has 4 fully saturated rings. The first kappa shape index (κ1) is 23.4. The zero-order valence-electron chi connectivity index (χ0n) is 17.7. The van der Waals surface area contributed by atoms with Crippen LogP contribution in [0.3, 0.4) is 0 Å². The molecule has 4 heterocycles. The van der Waals surface area contributed by atoms with Crippen molar-refractivity contribution in [1.82, 2.24) is 14.1 Å². The molecule has 2 atom stereocenters. The largest absolute Gasteiger partial charge is 0.444 e. The Kier molecular flexibility index (Phi) is 6.26. The van der Waals surface area contributed by atoms with Crippen LogP contribution in [0.2, 0.25) is 0 Å². The van der Waals surface area contributed by atoms with Gasteiger partial charge in [0.25, 0.3) is 11.6 Å².